The van der Waals surface area contributed by atoms with Gasteiger partial charge in [-0.15, -0.1) is 0 Å². The van der Waals surface area contributed by atoms with E-state index in [1.54, 1.807) is 48.5 Å². The number of rotatable bonds is 5. The van der Waals surface area contributed by atoms with Gasteiger partial charge in [-0.3, -0.25) is 9.78 Å². The molecule has 7 heteroatoms. The summed E-state index contributed by atoms with van der Waals surface area (Å²) in [6.45, 7) is 0. The van der Waals surface area contributed by atoms with E-state index in [4.69, 9.17) is 9.15 Å². The molecule has 0 saturated carbocycles. The Bertz CT molecular complexity index is 890. The Kier molecular flexibility index (Phi) is 4.96. The summed E-state index contributed by atoms with van der Waals surface area (Å²) in [6.07, 6.45) is 4.35. The van der Waals surface area contributed by atoms with Crippen LogP contribution in [0.2, 0.25) is 0 Å². The van der Waals surface area contributed by atoms with Crippen LogP contribution in [0.4, 0.5) is 0 Å². The number of amides is 1. The maximum atomic E-state index is 11.8. The van der Waals surface area contributed by atoms with Crippen LogP contribution in [0.3, 0.4) is 0 Å². The molecule has 0 saturated heterocycles. The Morgan fingerprint density at radius 2 is 2.04 bits per heavy atom. The number of nitrogens with one attached hydrogen (secondary N) is 1. The monoisotopic (exact) mass is 335 g/mol. The number of ether oxygens (including phenoxy) is 1. The fourth-order valence-corrected chi connectivity index (χ4v) is 1.93. The maximum Gasteiger partial charge on any atom is 0.379 e. The molecule has 0 fully saturated rings. The second kappa shape index (κ2) is 7.69. The van der Waals surface area contributed by atoms with Crippen molar-refractivity contribution in [1.29, 1.82) is 0 Å². The van der Waals surface area contributed by atoms with Gasteiger partial charge in [0.25, 0.3) is 5.91 Å². The van der Waals surface area contributed by atoms with Crippen LogP contribution in [-0.4, -0.2) is 23.1 Å². The van der Waals surface area contributed by atoms with Crippen LogP contribution in [0.25, 0.3) is 0 Å². The molecule has 0 bridgehead atoms. The lowest BCUT2D eigenvalue weighted by atomic mass is 10.2. The van der Waals surface area contributed by atoms with Gasteiger partial charge in [-0.05, 0) is 42.0 Å². The summed E-state index contributed by atoms with van der Waals surface area (Å²) in [6, 6.07) is 14.8. The Morgan fingerprint density at radius 3 is 2.80 bits per heavy atom. The fraction of sp³-hybridized carbons (Fsp3) is 0. The smallest absolute Gasteiger partial charge is 0.379 e. The Balaban J connectivity index is 1.61. The zero-order valence-electron chi connectivity index (χ0n) is 13.0. The minimum atomic E-state index is -0.595. The summed E-state index contributed by atoms with van der Waals surface area (Å²) >= 11 is 0. The van der Waals surface area contributed by atoms with Crippen molar-refractivity contribution in [3.8, 4) is 5.75 Å². The van der Waals surface area contributed by atoms with E-state index in [1.807, 2.05) is 0 Å². The first kappa shape index (κ1) is 16.1. The standard InChI is InChI=1S/C18H13N3O4/c22-17(15-7-1-2-9-19-15)21-20-12-13-5-3-6-14(11-13)25-18(23)16-8-4-10-24-16/h1-12H,(H,21,22)/b20-12-. The van der Waals surface area contributed by atoms with Crippen LogP contribution in [0.15, 0.2) is 76.6 Å². The minimum Gasteiger partial charge on any atom is -0.457 e. The lowest BCUT2D eigenvalue weighted by Gasteiger charge is -2.03. The van der Waals surface area contributed by atoms with Crippen molar-refractivity contribution in [3.05, 3.63) is 84.1 Å². The van der Waals surface area contributed by atoms with Crippen LogP contribution in [0, 0.1) is 0 Å². The van der Waals surface area contributed by atoms with Crippen molar-refractivity contribution in [2.45, 2.75) is 0 Å². The molecule has 2 heterocycles. The molecule has 3 aromatic rings. The Labute approximate surface area is 143 Å². The molecule has 0 spiro atoms. The number of carbonyl (C=O) groups is 2. The van der Waals surface area contributed by atoms with Crippen molar-refractivity contribution in [3.63, 3.8) is 0 Å². The highest BCUT2D eigenvalue weighted by molar-refractivity contribution is 5.93. The lowest BCUT2D eigenvalue weighted by molar-refractivity contribution is 0.0701. The molecular formula is C18H13N3O4. The van der Waals surface area contributed by atoms with Gasteiger partial charge in [-0.25, -0.2) is 10.2 Å². The van der Waals surface area contributed by atoms with Gasteiger partial charge in [0.1, 0.15) is 11.4 Å². The number of hydrogen-bond donors (Lipinski definition) is 1. The fourth-order valence-electron chi connectivity index (χ4n) is 1.93. The topological polar surface area (TPSA) is 93.8 Å². The van der Waals surface area contributed by atoms with Crippen molar-refractivity contribution in [2.75, 3.05) is 0 Å². The summed E-state index contributed by atoms with van der Waals surface area (Å²) < 4.78 is 10.2. The third-order valence-corrected chi connectivity index (χ3v) is 3.07. The highest BCUT2D eigenvalue weighted by Crippen LogP contribution is 2.14. The van der Waals surface area contributed by atoms with Gasteiger partial charge < -0.3 is 9.15 Å². The van der Waals surface area contributed by atoms with Gasteiger partial charge in [0.2, 0.25) is 5.76 Å². The third kappa shape index (κ3) is 4.38. The van der Waals surface area contributed by atoms with Crippen molar-refractivity contribution in [2.24, 2.45) is 5.10 Å². The average Bonchev–Trinajstić information content (AvgIpc) is 3.17. The van der Waals surface area contributed by atoms with Crippen LogP contribution in [-0.2, 0) is 0 Å². The summed E-state index contributed by atoms with van der Waals surface area (Å²) in [7, 11) is 0. The van der Waals surface area contributed by atoms with E-state index in [-0.39, 0.29) is 11.5 Å². The van der Waals surface area contributed by atoms with E-state index >= 15 is 0 Å². The van der Waals surface area contributed by atoms with Gasteiger partial charge in [0.05, 0.1) is 12.5 Å². The van der Waals surface area contributed by atoms with Crippen LogP contribution in [0.1, 0.15) is 26.6 Å². The number of furan rings is 1. The van der Waals surface area contributed by atoms with E-state index in [2.05, 4.69) is 15.5 Å². The van der Waals surface area contributed by atoms with Crippen molar-refractivity contribution >= 4 is 18.1 Å². The predicted molar refractivity (Wildman–Crippen MR) is 89.4 cm³/mol. The van der Waals surface area contributed by atoms with Crippen LogP contribution < -0.4 is 10.2 Å². The molecule has 0 aliphatic rings. The van der Waals surface area contributed by atoms with Crippen molar-refractivity contribution < 1.29 is 18.7 Å². The molecule has 0 aliphatic heterocycles. The number of hydrazone groups is 1. The third-order valence-electron chi connectivity index (χ3n) is 3.07. The summed E-state index contributed by atoms with van der Waals surface area (Å²) in [5.74, 6) is -0.567. The largest absolute Gasteiger partial charge is 0.457 e. The molecular weight excluding hydrogens is 322 g/mol. The van der Waals surface area contributed by atoms with E-state index in [0.717, 1.165) is 0 Å². The quantitative estimate of drug-likeness (QED) is 0.335. The Morgan fingerprint density at radius 1 is 1.12 bits per heavy atom. The average molecular weight is 335 g/mol. The zero-order chi connectivity index (χ0) is 17.5. The summed E-state index contributed by atoms with van der Waals surface area (Å²) in [5.41, 5.74) is 3.28. The molecule has 0 aliphatic carbocycles. The number of nitrogens with zero attached hydrogens (tertiary/aromatic N) is 2. The SMILES string of the molecule is O=C(N/N=C\c1cccc(OC(=O)c2ccco2)c1)c1ccccn1. The van der Waals surface area contributed by atoms with Gasteiger partial charge in [0, 0.05) is 6.20 Å². The molecule has 25 heavy (non-hydrogen) atoms. The molecule has 124 valence electrons. The second-order valence-electron chi connectivity index (χ2n) is 4.85. The molecule has 1 amide bonds. The second-order valence-corrected chi connectivity index (χ2v) is 4.85. The van der Waals surface area contributed by atoms with Gasteiger partial charge in [-0.2, -0.15) is 5.10 Å². The minimum absolute atomic E-state index is 0.113. The van der Waals surface area contributed by atoms with Gasteiger partial charge >= 0.3 is 5.97 Å². The summed E-state index contributed by atoms with van der Waals surface area (Å²) in [5, 5.41) is 3.86. The predicted octanol–water partition coefficient (Wildman–Crippen LogP) is 2.66. The highest BCUT2D eigenvalue weighted by atomic mass is 16.5. The number of benzene rings is 1. The number of hydrogen-bond acceptors (Lipinski definition) is 6. The normalized spacial score (nSPS) is 10.6. The lowest BCUT2D eigenvalue weighted by Crippen LogP contribution is -2.18. The van der Waals surface area contributed by atoms with E-state index < -0.39 is 11.9 Å². The maximum absolute atomic E-state index is 11.8. The van der Waals surface area contributed by atoms with Gasteiger partial charge in [0.15, 0.2) is 0 Å². The highest BCUT2D eigenvalue weighted by Gasteiger charge is 2.11. The number of aromatic nitrogens is 1. The molecule has 3 rings (SSSR count). The first-order chi connectivity index (χ1) is 12.2. The molecule has 1 N–H and O–H groups in total. The van der Waals surface area contributed by atoms with E-state index in [0.29, 0.717) is 11.3 Å². The zero-order valence-corrected chi connectivity index (χ0v) is 13.0. The van der Waals surface area contributed by atoms with Crippen LogP contribution >= 0.6 is 0 Å². The Hall–Kier alpha value is -3.74. The molecule has 0 atom stereocenters. The number of esters is 1. The first-order valence-corrected chi connectivity index (χ1v) is 7.32. The molecule has 0 radical (unpaired) electrons. The molecule has 0 unspecified atom stereocenters. The van der Waals surface area contributed by atoms with E-state index in [9.17, 15) is 9.59 Å². The number of carbonyl (C=O) groups excluding carboxylic acids is 2. The van der Waals surface area contributed by atoms with Crippen molar-refractivity contribution in [1.82, 2.24) is 10.4 Å². The van der Waals surface area contributed by atoms with Gasteiger partial charge in [-0.1, -0.05) is 18.2 Å². The molecule has 7 nitrogen and oxygen atoms in total. The summed E-state index contributed by atoms with van der Waals surface area (Å²) in [4.78, 5) is 27.6. The van der Waals surface area contributed by atoms with E-state index in [1.165, 1.54) is 24.7 Å². The van der Waals surface area contributed by atoms with Crippen LogP contribution in [0.5, 0.6) is 5.75 Å². The molecule has 1 aromatic carbocycles. The number of pyridine rings is 1. The molecule has 2 aromatic heterocycles. The first-order valence-electron chi connectivity index (χ1n) is 7.32.